The lowest BCUT2D eigenvalue weighted by atomic mass is 10.2. The molecule has 4 nitrogen and oxygen atoms in total. The first-order valence-corrected chi connectivity index (χ1v) is 5.05. The third-order valence-electron chi connectivity index (χ3n) is 1.70. The van der Waals surface area contributed by atoms with E-state index in [0.717, 1.165) is 6.42 Å². The van der Waals surface area contributed by atoms with Gasteiger partial charge in [0.05, 0.1) is 6.54 Å². The summed E-state index contributed by atoms with van der Waals surface area (Å²) in [5.74, 6) is -0.130. The molecule has 15 heavy (non-hydrogen) atoms. The smallest absolute Gasteiger partial charge is 0.233 e. The maximum absolute atomic E-state index is 9.94. The zero-order valence-corrected chi connectivity index (χ0v) is 9.36. The summed E-state index contributed by atoms with van der Waals surface area (Å²) in [6, 6.07) is 6.03. The largest absolute Gasteiger partial charge is 0.358 e. The maximum Gasteiger partial charge on any atom is 0.233 e. The average molecular weight is 209 g/mol. The third-order valence-corrected chi connectivity index (χ3v) is 1.70. The highest BCUT2D eigenvalue weighted by molar-refractivity contribution is 5.77. The van der Waals surface area contributed by atoms with Crippen LogP contribution in [0.4, 0.5) is 0 Å². The number of carbonyl (C=O) groups excluding carboxylic acids is 1. The van der Waals surface area contributed by atoms with Crippen molar-refractivity contribution in [2.75, 3.05) is 13.6 Å². The van der Waals surface area contributed by atoms with Crippen molar-refractivity contribution in [3.8, 4) is 0 Å². The van der Waals surface area contributed by atoms with Gasteiger partial charge in [-0.15, -0.1) is 0 Å². The van der Waals surface area contributed by atoms with Crippen LogP contribution in [0, 0.1) is 0 Å². The molecule has 0 saturated carbocycles. The molecule has 0 aliphatic carbocycles. The standard InChI is InChI=1S/C8H11N.C3H8N2O/c1-2-5-8-6-3-4-7-9-8;1-5-3(6)2-4/h3-4,6-7H,2,5H2,1H3;2,4H2,1H3,(H,5,6). The van der Waals surface area contributed by atoms with E-state index >= 15 is 0 Å². The van der Waals surface area contributed by atoms with E-state index in [9.17, 15) is 4.79 Å². The molecule has 0 bridgehead atoms. The van der Waals surface area contributed by atoms with Gasteiger partial charge in [0.15, 0.2) is 0 Å². The van der Waals surface area contributed by atoms with Crippen molar-refractivity contribution >= 4 is 5.91 Å². The van der Waals surface area contributed by atoms with E-state index in [-0.39, 0.29) is 12.5 Å². The van der Waals surface area contributed by atoms with E-state index in [2.05, 4.69) is 23.3 Å². The van der Waals surface area contributed by atoms with Crippen LogP contribution in [0.3, 0.4) is 0 Å². The van der Waals surface area contributed by atoms with Gasteiger partial charge in [0.1, 0.15) is 0 Å². The molecule has 1 aromatic rings. The van der Waals surface area contributed by atoms with Crippen LogP contribution in [0.25, 0.3) is 0 Å². The van der Waals surface area contributed by atoms with Crippen LogP contribution < -0.4 is 11.1 Å². The van der Waals surface area contributed by atoms with Crippen LogP contribution in [0.15, 0.2) is 24.4 Å². The number of nitrogens with one attached hydrogen (secondary N) is 1. The fourth-order valence-electron chi connectivity index (χ4n) is 0.904. The minimum absolute atomic E-state index is 0.0799. The normalized spacial score (nSPS) is 8.73. The molecule has 0 atom stereocenters. The Kier molecular flexibility index (Phi) is 8.28. The Morgan fingerprint density at radius 3 is 2.60 bits per heavy atom. The molecule has 1 aromatic heterocycles. The van der Waals surface area contributed by atoms with Crippen LogP contribution in [-0.4, -0.2) is 24.5 Å². The van der Waals surface area contributed by atoms with E-state index in [4.69, 9.17) is 5.73 Å². The number of nitrogens with two attached hydrogens (primary N) is 1. The second-order valence-corrected chi connectivity index (χ2v) is 2.95. The molecule has 1 amide bonds. The molecule has 0 saturated heterocycles. The zero-order valence-electron chi connectivity index (χ0n) is 9.36. The maximum atomic E-state index is 9.94. The van der Waals surface area contributed by atoms with Gasteiger partial charge >= 0.3 is 0 Å². The zero-order chi connectivity index (χ0) is 11.5. The number of aryl methyl sites for hydroxylation is 1. The first-order valence-electron chi connectivity index (χ1n) is 5.05. The highest BCUT2D eigenvalue weighted by atomic mass is 16.1. The number of carbonyl (C=O) groups is 1. The first-order chi connectivity index (χ1) is 7.24. The molecular weight excluding hydrogens is 190 g/mol. The Bertz CT molecular complexity index is 256. The lowest BCUT2D eigenvalue weighted by Crippen LogP contribution is -2.26. The summed E-state index contributed by atoms with van der Waals surface area (Å²) >= 11 is 0. The first kappa shape index (κ1) is 13.6. The predicted octanol–water partition coefficient (Wildman–Crippen LogP) is 0.725. The van der Waals surface area contributed by atoms with Gasteiger partial charge in [-0.25, -0.2) is 0 Å². The molecule has 1 heterocycles. The molecular formula is C11H19N3O. The average Bonchev–Trinajstić information content (AvgIpc) is 2.31. The summed E-state index contributed by atoms with van der Waals surface area (Å²) in [5.41, 5.74) is 6.06. The van der Waals surface area contributed by atoms with Gasteiger partial charge in [0.25, 0.3) is 0 Å². The number of hydrogen-bond donors (Lipinski definition) is 2. The van der Waals surface area contributed by atoms with Crippen LogP contribution >= 0.6 is 0 Å². The van der Waals surface area contributed by atoms with Crippen molar-refractivity contribution in [3.05, 3.63) is 30.1 Å². The fourth-order valence-corrected chi connectivity index (χ4v) is 0.904. The van der Waals surface area contributed by atoms with Crippen molar-refractivity contribution in [3.63, 3.8) is 0 Å². The number of hydrogen-bond acceptors (Lipinski definition) is 3. The summed E-state index contributed by atoms with van der Waals surface area (Å²) in [6.45, 7) is 2.24. The van der Waals surface area contributed by atoms with Gasteiger partial charge in [-0.1, -0.05) is 19.4 Å². The molecule has 0 aliphatic rings. The molecule has 4 heteroatoms. The summed E-state index contributed by atoms with van der Waals surface area (Å²) in [6.07, 6.45) is 4.11. The second kappa shape index (κ2) is 9.15. The Morgan fingerprint density at radius 1 is 1.53 bits per heavy atom. The lowest BCUT2D eigenvalue weighted by Gasteiger charge is -1.92. The molecule has 84 valence electrons. The topological polar surface area (TPSA) is 68.0 Å². The molecule has 3 N–H and O–H groups in total. The number of pyridine rings is 1. The van der Waals surface area contributed by atoms with Crippen LogP contribution in [0.1, 0.15) is 19.0 Å². The predicted molar refractivity (Wildman–Crippen MR) is 61.4 cm³/mol. The number of likely N-dealkylation sites (N-methyl/N-ethyl adjacent to an activating group) is 1. The van der Waals surface area contributed by atoms with Crippen molar-refractivity contribution in [1.29, 1.82) is 0 Å². The molecule has 0 aromatic carbocycles. The second-order valence-electron chi connectivity index (χ2n) is 2.95. The molecule has 0 spiro atoms. The monoisotopic (exact) mass is 209 g/mol. The minimum Gasteiger partial charge on any atom is -0.358 e. The van der Waals surface area contributed by atoms with Crippen molar-refractivity contribution in [2.45, 2.75) is 19.8 Å². The molecule has 0 aliphatic heterocycles. The Hall–Kier alpha value is -1.42. The van der Waals surface area contributed by atoms with Gasteiger partial charge in [-0.05, 0) is 18.6 Å². The molecule has 0 fully saturated rings. The highest BCUT2D eigenvalue weighted by Gasteiger charge is 1.86. The summed E-state index contributed by atoms with van der Waals surface area (Å²) in [5, 5.41) is 2.35. The van der Waals surface area contributed by atoms with Crippen LogP contribution in [0.5, 0.6) is 0 Å². The molecule has 0 unspecified atom stereocenters. The van der Waals surface area contributed by atoms with Crippen LogP contribution in [-0.2, 0) is 11.2 Å². The Labute approximate surface area is 90.9 Å². The van der Waals surface area contributed by atoms with E-state index < -0.39 is 0 Å². The fraction of sp³-hybridized carbons (Fsp3) is 0.455. The van der Waals surface area contributed by atoms with Gasteiger partial charge < -0.3 is 11.1 Å². The Morgan fingerprint density at radius 2 is 2.27 bits per heavy atom. The van der Waals surface area contributed by atoms with Crippen molar-refractivity contribution < 1.29 is 4.79 Å². The quantitative estimate of drug-likeness (QED) is 0.771. The highest BCUT2D eigenvalue weighted by Crippen LogP contribution is 1.95. The number of nitrogens with zero attached hydrogens (tertiary/aromatic N) is 1. The summed E-state index contributed by atoms with van der Waals surface area (Å²) in [7, 11) is 1.55. The van der Waals surface area contributed by atoms with E-state index in [0.29, 0.717) is 0 Å². The summed E-state index contributed by atoms with van der Waals surface area (Å²) in [4.78, 5) is 14.1. The van der Waals surface area contributed by atoms with Crippen LogP contribution in [0.2, 0.25) is 0 Å². The van der Waals surface area contributed by atoms with E-state index in [1.165, 1.54) is 12.1 Å². The van der Waals surface area contributed by atoms with E-state index in [1.54, 1.807) is 7.05 Å². The number of aromatic nitrogens is 1. The lowest BCUT2D eigenvalue weighted by molar-refractivity contribution is -0.119. The van der Waals surface area contributed by atoms with Crippen molar-refractivity contribution in [1.82, 2.24) is 10.3 Å². The third kappa shape index (κ3) is 7.64. The number of rotatable bonds is 3. The minimum atomic E-state index is -0.130. The van der Waals surface area contributed by atoms with Gasteiger partial charge in [-0.3, -0.25) is 9.78 Å². The molecule has 1 rings (SSSR count). The number of amides is 1. The van der Waals surface area contributed by atoms with Gasteiger partial charge in [0, 0.05) is 18.9 Å². The summed E-state index contributed by atoms with van der Waals surface area (Å²) < 4.78 is 0. The van der Waals surface area contributed by atoms with Gasteiger partial charge in [-0.2, -0.15) is 0 Å². The van der Waals surface area contributed by atoms with Gasteiger partial charge in [0.2, 0.25) is 5.91 Å². The molecule has 0 radical (unpaired) electrons. The van der Waals surface area contributed by atoms with Crippen molar-refractivity contribution in [2.24, 2.45) is 5.73 Å². The SMILES string of the molecule is CCCc1ccccn1.CNC(=O)CN. The Balaban J connectivity index is 0.000000288. The van der Waals surface area contributed by atoms with E-state index in [1.807, 2.05) is 18.3 Å².